The Hall–Kier alpha value is -2.10. The van der Waals surface area contributed by atoms with E-state index in [0.29, 0.717) is 5.57 Å². The molecular weight excluding hydrogens is 232 g/mol. The summed E-state index contributed by atoms with van der Waals surface area (Å²) in [6.45, 7) is 6.48. The second kappa shape index (κ2) is 6.59. The summed E-state index contributed by atoms with van der Waals surface area (Å²) in [4.78, 5) is 21.9. The van der Waals surface area contributed by atoms with E-state index in [1.807, 2.05) is 30.3 Å². The van der Waals surface area contributed by atoms with Gasteiger partial charge in [0.05, 0.1) is 0 Å². The molecule has 0 aliphatic heterocycles. The Labute approximate surface area is 106 Å². The van der Waals surface area contributed by atoms with Crippen molar-refractivity contribution in [2.45, 2.75) is 20.0 Å². The second-order valence-electron chi connectivity index (χ2n) is 3.84. The number of carbonyl (C=O) groups excluding carboxylic acids is 2. The number of esters is 2. The smallest absolute Gasteiger partial charge is 0.303 e. The molecule has 0 radical (unpaired) electrons. The van der Waals surface area contributed by atoms with Crippen LogP contribution in [0.1, 0.15) is 25.5 Å². The first-order valence-electron chi connectivity index (χ1n) is 5.54. The highest BCUT2D eigenvalue weighted by atomic mass is 16.6. The van der Waals surface area contributed by atoms with Crippen LogP contribution < -0.4 is 0 Å². The maximum absolute atomic E-state index is 11.1. The van der Waals surface area contributed by atoms with E-state index in [0.717, 1.165) is 5.56 Å². The van der Waals surface area contributed by atoms with Crippen molar-refractivity contribution in [1.82, 2.24) is 0 Å². The maximum Gasteiger partial charge on any atom is 0.303 e. The predicted octanol–water partition coefficient (Wildman–Crippen LogP) is 2.41. The fourth-order valence-electron chi connectivity index (χ4n) is 1.45. The van der Waals surface area contributed by atoms with Gasteiger partial charge in [-0.2, -0.15) is 0 Å². The van der Waals surface area contributed by atoms with E-state index in [1.165, 1.54) is 13.8 Å². The normalized spacial score (nSPS) is 11.4. The summed E-state index contributed by atoms with van der Waals surface area (Å²) in [7, 11) is 0. The van der Waals surface area contributed by atoms with Gasteiger partial charge >= 0.3 is 11.9 Å². The van der Waals surface area contributed by atoms with Gasteiger partial charge in [-0.05, 0) is 5.56 Å². The van der Waals surface area contributed by atoms with Crippen molar-refractivity contribution < 1.29 is 19.1 Å². The Morgan fingerprint density at radius 2 is 1.78 bits per heavy atom. The van der Waals surface area contributed by atoms with Crippen LogP contribution in [0.25, 0.3) is 0 Å². The Morgan fingerprint density at radius 3 is 2.28 bits per heavy atom. The Morgan fingerprint density at radius 1 is 1.17 bits per heavy atom. The van der Waals surface area contributed by atoms with Crippen LogP contribution in [0.3, 0.4) is 0 Å². The van der Waals surface area contributed by atoms with Crippen LogP contribution in [0.2, 0.25) is 0 Å². The van der Waals surface area contributed by atoms with E-state index in [1.54, 1.807) is 0 Å². The summed E-state index contributed by atoms with van der Waals surface area (Å²) in [5.74, 6) is -0.807. The third-order valence-corrected chi connectivity index (χ3v) is 2.22. The third kappa shape index (κ3) is 4.41. The van der Waals surface area contributed by atoms with Crippen LogP contribution in [0.4, 0.5) is 0 Å². The fraction of sp³-hybridized carbons (Fsp3) is 0.286. The van der Waals surface area contributed by atoms with Gasteiger partial charge in [-0.3, -0.25) is 9.59 Å². The monoisotopic (exact) mass is 248 g/mol. The largest absolute Gasteiger partial charge is 0.461 e. The molecule has 1 unspecified atom stereocenters. The first kappa shape index (κ1) is 14.0. The van der Waals surface area contributed by atoms with Gasteiger partial charge in [-0.15, -0.1) is 0 Å². The first-order valence-corrected chi connectivity index (χ1v) is 5.54. The summed E-state index contributed by atoms with van der Waals surface area (Å²) in [6, 6.07) is 9.19. The van der Waals surface area contributed by atoms with Gasteiger partial charge < -0.3 is 9.47 Å². The first-order chi connectivity index (χ1) is 8.50. The second-order valence-corrected chi connectivity index (χ2v) is 3.84. The average molecular weight is 248 g/mol. The molecule has 1 aromatic rings. The van der Waals surface area contributed by atoms with Crippen molar-refractivity contribution in [2.24, 2.45) is 0 Å². The zero-order valence-electron chi connectivity index (χ0n) is 10.5. The number of rotatable bonds is 5. The van der Waals surface area contributed by atoms with Crippen LogP contribution in [0.5, 0.6) is 0 Å². The van der Waals surface area contributed by atoms with Gasteiger partial charge in [0.1, 0.15) is 6.61 Å². The number of hydrogen-bond acceptors (Lipinski definition) is 4. The Kier molecular flexibility index (Phi) is 5.11. The number of hydrogen-bond donors (Lipinski definition) is 0. The molecule has 0 aromatic heterocycles. The van der Waals surface area contributed by atoms with E-state index in [4.69, 9.17) is 9.47 Å². The van der Waals surface area contributed by atoms with Crippen molar-refractivity contribution >= 4 is 11.9 Å². The molecule has 18 heavy (non-hydrogen) atoms. The number of benzene rings is 1. The molecule has 0 fully saturated rings. The van der Waals surface area contributed by atoms with Crippen molar-refractivity contribution in [1.29, 1.82) is 0 Å². The summed E-state index contributed by atoms with van der Waals surface area (Å²) in [5, 5.41) is 0. The van der Waals surface area contributed by atoms with Crippen LogP contribution in [-0.2, 0) is 19.1 Å². The Bertz CT molecular complexity index is 436. The SMILES string of the molecule is C=C(COC(C)=O)C(OC(C)=O)c1ccccc1. The van der Waals surface area contributed by atoms with E-state index >= 15 is 0 Å². The van der Waals surface area contributed by atoms with Gasteiger partial charge in [0.15, 0.2) is 6.10 Å². The minimum atomic E-state index is -0.594. The summed E-state index contributed by atoms with van der Waals surface area (Å²) in [5.41, 5.74) is 1.32. The van der Waals surface area contributed by atoms with E-state index in [2.05, 4.69) is 6.58 Å². The van der Waals surface area contributed by atoms with Gasteiger partial charge in [0.2, 0.25) is 0 Å². The molecule has 0 aliphatic carbocycles. The third-order valence-electron chi connectivity index (χ3n) is 2.22. The zero-order valence-corrected chi connectivity index (χ0v) is 10.5. The summed E-state index contributed by atoms with van der Waals surface area (Å²) < 4.78 is 10.1. The van der Waals surface area contributed by atoms with Crippen LogP contribution in [0, 0.1) is 0 Å². The molecule has 1 aromatic carbocycles. The van der Waals surface area contributed by atoms with Gasteiger partial charge in [-0.25, -0.2) is 0 Å². The number of ether oxygens (including phenoxy) is 2. The highest BCUT2D eigenvalue weighted by Crippen LogP contribution is 2.25. The molecule has 1 atom stereocenters. The van der Waals surface area contributed by atoms with Crippen LogP contribution in [-0.4, -0.2) is 18.5 Å². The molecule has 4 nitrogen and oxygen atoms in total. The van der Waals surface area contributed by atoms with Crippen molar-refractivity contribution in [3.05, 3.63) is 48.0 Å². The minimum Gasteiger partial charge on any atom is -0.461 e. The van der Waals surface area contributed by atoms with Crippen molar-refractivity contribution in [2.75, 3.05) is 6.61 Å². The molecule has 0 amide bonds. The van der Waals surface area contributed by atoms with Gasteiger partial charge in [0, 0.05) is 19.4 Å². The van der Waals surface area contributed by atoms with Crippen molar-refractivity contribution in [3.8, 4) is 0 Å². The minimum absolute atomic E-state index is 0.0299. The van der Waals surface area contributed by atoms with E-state index in [9.17, 15) is 9.59 Å². The summed E-state index contributed by atoms with van der Waals surface area (Å²) >= 11 is 0. The maximum atomic E-state index is 11.1. The quantitative estimate of drug-likeness (QED) is 0.593. The van der Waals surface area contributed by atoms with Gasteiger partial charge in [-0.1, -0.05) is 36.9 Å². The lowest BCUT2D eigenvalue weighted by molar-refractivity contribution is -0.145. The molecule has 0 heterocycles. The van der Waals surface area contributed by atoms with Crippen molar-refractivity contribution in [3.63, 3.8) is 0 Å². The molecule has 0 saturated carbocycles. The lowest BCUT2D eigenvalue weighted by Gasteiger charge is -2.19. The molecule has 0 aliphatic rings. The number of carbonyl (C=O) groups is 2. The average Bonchev–Trinajstić information content (AvgIpc) is 2.34. The zero-order chi connectivity index (χ0) is 13.5. The van der Waals surface area contributed by atoms with Crippen LogP contribution >= 0.6 is 0 Å². The molecular formula is C14H16O4. The lowest BCUT2D eigenvalue weighted by Crippen LogP contribution is -2.15. The molecule has 0 spiro atoms. The molecule has 4 heteroatoms. The molecule has 1 rings (SSSR count). The Balaban J connectivity index is 2.81. The highest BCUT2D eigenvalue weighted by molar-refractivity contribution is 5.67. The molecule has 0 bridgehead atoms. The predicted molar refractivity (Wildman–Crippen MR) is 66.7 cm³/mol. The topological polar surface area (TPSA) is 52.6 Å². The van der Waals surface area contributed by atoms with E-state index < -0.39 is 18.0 Å². The standard InChI is InChI=1S/C14H16O4/c1-10(9-17-11(2)15)14(18-12(3)16)13-7-5-4-6-8-13/h4-8,14H,1,9H2,2-3H3. The van der Waals surface area contributed by atoms with Gasteiger partial charge in [0.25, 0.3) is 0 Å². The summed E-state index contributed by atoms with van der Waals surface area (Å²) in [6.07, 6.45) is -0.594. The highest BCUT2D eigenvalue weighted by Gasteiger charge is 2.18. The van der Waals surface area contributed by atoms with E-state index in [-0.39, 0.29) is 6.61 Å². The molecule has 0 N–H and O–H groups in total. The molecule has 96 valence electrons. The lowest BCUT2D eigenvalue weighted by atomic mass is 10.0. The molecule has 0 saturated heterocycles. The van der Waals surface area contributed by atoms with Crippen LogP contribution in [0.15, 0.2) is 42.5 Å². The fourth-order valence-corrected chi connectivity index (χ4v) is 1.45.